The van der Waals surface area contributed by atoms with Crippen LogP contribution in [0.1, 0.15) is 64.0 Å². The SMILES string of the molecule is CC.CC(C)c1ccc(CCC2CC2)cc1. The van der Waals surface area contributed by atoms with E-state index in [1.807, 2.05) is 13.8 Å². The number of rotatable bonds is 4. The third kappa shape index (κ3) is 4.38. The second-order valence-electron chi connectivity index (χ2n) is 4.88. The molecule has 0 nitrogen and oxygen atoms in total. The summed E-state index contributed by atoms with van der Waals surface area (Å²) in [5.41, 5.74) is 2.97. The van der Waals surface area contributed by atoms with Gasteiger partial charge in [0.1, 0.15) is 0 Å². The summed E-state index contributed by atoms with van der Waals surface area (Å²) in [6.07, 6.45) is 5.64. The Morgan fingerprint density at radius 1 is 1.06 bits per heavy atom. The Kier molecular flexibility index (Phi) is 5.59. The Balaban J connectivity index is 0.000000606. The van der Waals surface area contributed by atoms with Gasteiger partial charge in [-0.3, -0.25) is 0 Å². The first-order valence-electron chi connectivity index (χ1n) is 6.84. The van der Waals surface area contributed by atoms with Crippen molar-refractivity contribution in [2.24, 2.45) is 5.92 Å². The maximum Gasteiger partial charge on any atom is -0.0219 e. The minimum absolute atomic E-state index is 0.660. The van der Waals surface area contributed by atoms with Crippen molar-refractivity contribution in [3.63, 3.8) is 0 Å². The fraction of sp³-hybridized carbons (Fsp3) is 0.625. The van der Waals surface area contributed by atoms with Crippen LogP contribution in [0, 0.1) is 5.92 Å². The van der Waals surface area contributed by atoms with Crippen molar-refractivity contribution in [1.29, 1.82) is 0 Å². The minimum atomic E-state index is 0.660. The molecule has 0 saturated heterocycles. The molecule has 0 radical (unpaired) electrons. The molecule has 0 aliphatic heterocycles. The number of aryl methyl sites for hydroxylation is 1. The summed E-state index contributed by atoms with van der Waals surface area (Å²) in [5, 5.41) is 0. The van der Waals surface area contributed by atoms with Gasteiger partial charge in [0, 0.05) is 0 Å². The molecule has 0 amide bonds. The minimum Gasteiger partial charge on any atom is -0.0683 e. The molecule has 1 aliphatic carbocycles. The average molecular weight is 218 g/mol. The number of hydrogen-bond acceptors (Lipinski definition) is 0. The molecule has 0 bridgehead atoms. The van der Waals surface area contributed by atoms with E-state index in [1.54, 1.807) is 0 Å². The molecule has 0 atom stereocenters. The van der Waals surface area contributed by atoms with Gasteiger partial charge in [0.05, 0.1) is 0 Å². The van der Waals surface area contributed by atoms with Gasteiger partial charge in [0.2, 0.25) is 0 Å². The van der Waals surface area contributed by atoms with Crippen LogP contribution in [-0.4, -0.2) is 0 Å². The van der Waals surface area contributed by atoms with E-state index in [4.69, 9.17) is 0 Å². The van der Waals surface area contributed by atoms with E-state index in [-0.39, 0.29) is 0 Å². The van der Waals surface area contributed by atoms with Gasteiger partial charge in [0.15, 0.2) is 0 Å². The van der Waals surface area contributed by atoms with Crippen LogP contribution in [-0.2, 0) is 6.42 Å². The lowest BCUT2D eigenvalue weighted by molar-refractivity contribution is 0.726. The van der Waals surface area contributed by atoms with Crippen molar-refractivity contribution in [3.8, 4) is 0 Å². The van der Waals surface area contributed by atoms with Crippen molar-refractivity contribution in [2.45, 2.75) is 59.3 Å². The number of hydrogen-bond donors (Lipinski definition) is 0. The molecule has 1 aromatic carbocycles. The molecule has 0 heteroatoms. The highest BCUT2D eigenvalue weighted by Gasteiger charge is 2.20. The molecule has 90 valence electrons. The molecule has 0 N–H and O–H groups in total. The largest absolute Gasteiger partial charge is 0.0683 e. The van der Waals surface area contributed by atoms with Crippen LogP contribution in [0.2, 0.25) is 0 Å². The first-order valence-corrected chi connectivity index (χ1v) is 6.84. The molecule has 1 aliphatic rings. The van der Waals surface area contributed by atoms with E-state index in [2.05, 4.69) is 38.1 Å². The van der Waals surface area contributed by atoms with E-state index >= 15 is 0 Å². The molecular formula is C16H26. The van der Waals surface area contributed by atoms with Gasteiger partial charge >= 0.3 is 0 Å². The summed E-state index contributed by atoms with van der Waals surface area (Å²) in [6, 6.07) is 9.18. The quantitative estimate of drug-likeness (QED) is 0.653. The van der Waals surface area contributed by atoms with Crippen LogP contribution in [0.4, 0.5) is 0 Å². The van der Waals surface area contributed by atoms with Crippen LogP contribution in [0.5, 0.6) is 0 Å². The zero-order chi connectivity index (χ0) is 12.0. The Hall–Kier alpha value is -0.780. The summed E-state index contributed by atoms with van der Waals surface area (Å²) in [7, 11) is 0. The molecular weight excluding hydrogens is 192 g/mol. The smallest absolute Gasteiger partial charge is 0.0219 e. The summed E-state index contributed by atoms with van der Waals surface area (Å²) in [4.78, 5) is 0. The van der Waals surface area contributed by atoms with Crippen LogP contribution >= 0.6 is 0 Å². The monoisotopic (exact) mass is 218 g/mol. The topological polar surface area (TPSA) is 0 Å². The fourth-order valence-electron chi connectivity index (χ4n) is 1.85. The second-order valence-corrected chi connectivity index (χ2v) is 4.88. The fourth-order valence-corrected chi connectivity index (χ4v) is 1.85. The van der Waals surface area contributed by atoms with Gasteiger partial charge in [-0.2, -0.15) is 0 Å². The predicted molar refractivity (Wildman–Crippen MR) is 72.9 cm³/mol. The van der Waals surface area contributed by atoms with Crippen molar-refractivity contribution in [3.05, 3.63) is 35.4 Å². The highest BCUT2D eigenvalue weighted by molar-refractivity contribution is 5.24. The van der Waals surface area contributed by atoms with E-state index in [9.17, 15) is 0 Å². The molecule has 0 spiro atoms. The van der Waals surface area contributed by atoms with E-state index in [0.717, 1.165) is 5.92 Å². The molecule has 16 heavy (non-hydrogen) atoms. The van der Waals surface area contributed by atoms with Crippen molar-refractivity contribution in [1.82, 2.24) is 0 Å². The summed E-state index contributed by atoms with van der Waals surface area (Å²) < 4.78 is 0. The molecule has 2 rings (SSSR count). The Bertz CT molecular complexity index is 277. The lowest BCUT2D eigenvalue weighted by atomic mass is 10.00. The van der Waals surface area contributed by atoms with Crippen LogP contribution in [0.3, 0.4) is 0 Å². The van der Waals surface area contributed by atoms with Crippen molar-refractivity contribution < 1.29 is 0 Å². The van der Waals surface area contributed by atoms with E-state index < -0.39 is 0 Å². The maximum absolute atomic E-state index is 2.30. The van der Waals surface area contributed by atoms with Crippen molar-refractivity contribution >= 4 is 0 Å². The summed E-state index contributed by atoms with van der Waals surface area (Å²) in [6.45, 7) is 8.50. The normalized spacial score (nSPS) is 14.6. The Morgan fingerprint density at radius 2 is 1.62 bits per heavy atom. The summed E-state index contributed by atoms with van der Waals surface area (Å²) >= 11 is 0. The van der Waals surface area contributed by atoms with Crippen LogP contribution < -0.4 is 0 Å². The molecule has 0 unspecified atom stereocenters. The van der Waals surface area contributed by atoms with Crippen LogP contribution in [0.15, 0.2) is 24.3 Å². The molecule has 1 fully saturated rings. The first kappa shape index (κ1) is 13.3. The first-order chi connectivity index (χ1) is 7.75. The predicted octanol–water partition coefficient (Wildman–Crippen LogP) is 5.18. The Labute approximate surface area is 101 Å². The molecule has 0 aromatic heterocycles. The summed E-state index contributed by atoms with van der Waals surface area (Å²) in [5.74, 6) is 1.72. The van der Waals surface area contributed by atoms with Crippen LogP contribution in [0.25, 0.3) is 0 Å². The molecule has 1 aromatic rings. The highest BCUT2D eigenvalue weighted by Crippen LogP contribution is 2.33. The van der Waals surface area contributed by atoms with Gasteiger partial charge in [0.25, 0.3) is 0 Å². The molecule has 0 heterocycles. The zero-order valence-corrected chi connectivity index (χ0v) is 11.3. The Morgan fingerprint density at radius 3 is 2.06 bits per heavy atom. The lowest BCUT2D eigenvalue weighted by Crippen LogP contribution is -1.90. The van der Waals surface area contributed by atoms with Gasteiger partial charge in [-0.15, -0.1) is 0 Å². The molecule has 1 saturated carbocycles. The maximum atomic E-state index is 2.30. The van der Waals surface area contributed by atoms with Gasteiger partial charge in [-0.05, 0) is 35.8 Å². The highest BCUT2D eigenvalue weighted by atomic mass is 14.3. The van der Waals surface area contributed by atoms with Gasteiger partial charge in [-0.1, -0.05) is 64.8 Å². The van der Waals surface area contributed by atoms with Gasteiger partial charge < -0.3 is 0 Å². The average Bonchev–Trinajstić information content (AvgIpc) is 3.13. The lowest BCUT2D eigenvalue weighted by Gasteiger charge is -2.06. The third-order valence-electron chi connectivity index (χ3n) is 3.18. The zero-order valence-electron chi connectivity index (χ0n) is 11.3. The number of benzene rings is 1. The standard InChI is InChI=1S/C14H20.C2H6/c1-11(2)14-9-7-13(8-10-14)6-5-12-3-4-12;1-2/h7-12H,3-6H2,1-2H3;1-2H3. The van der Waals surface area contributed by atoms with Crippen molar-refractivity contribution in [2.75, 3.05) is 0 Å². The van der Waals surface area contributed by atoms with Gasteiger partial charge in [-0.25, -0.2) is 0 Å². The van der Waals surface area contributed by atoms with E-state index in [0.29, 0.717) is 5.92 Å². The second kappa shape index (κ2) is 6.73. The van der Waals surface area contributed by atoms with E-state index in [1.165, 1.54) is 36.8 Å². The third-order valence-corrected chi connectivity index (χ3v) is 3.18.